The van der Waals surface area contributed by atoms with Crippen LogP contribution in [0.2, 0.25) is 0 Å². The van der Waals surface area contributed by atoms with E-state index in [9.17, 15) is 4.79 Å². The zero-order valence-corrected chi connectivity index (χ0v) is 6.40. The highest BCUT2D eigenvalue weighted by atomic mass is 16.4. The molecule has 5 nitrogen and oxygen atoms in total. The molecular weight excluding hydrogens is 146 g/mol. The first-order chi connectivity index (χ1) is 5.11. The van der Waals surface area contributed by atoms with Crippen LogP contribution in [0.5, 0.6) is 0 Å². The van der Waals surface area contributed by atoms with E-state index in [0.29, 0.717) is 5.82 Å². The number of aryl methyl sites for hydroxylation is 1. The summed E-state index contributed by atoms with van der Waals surface area (Å²) in [6, 6.07) is 0. The first-order valence-electron chi connectivity index (χ1n) is 3.18. The molecule has 0 saturated carbocycles. The first kappa shape index (κ1) is 7.71. The highest BCUT2D eigenvalue weighted by Crippen LogP contribution is 1.97. The monoisotopic (exact) mass is 155 g/mol. The molecule has 1 aromatic rings. The van der Waals surface area contributed by atoms with Gasteiger partial charge in [-0.25, -0.2) is 0 Å². The Morgan fingerprint density at radius 3 is 2.64 bits per heavy atom. The normalized spacial score (nSPS) is 10.0. The fourth-order valence-corrected chi connectivity index (χ4v) is 0.740. The van der Waals surface area contributed by atoms with E-state index < -0.39 is 5.97 Å². The number of aliphatic carboxylic acids is 1. The van der Waals surface area contributed by atoms with Gasteiger partial charge >= 0.3 is 5.97 Å². The molecular formula is C6H9N3O2. The Balaban J connectivity index is 2.87. The second kappa shape index (κ2) is 2.69. The topological polar surface area (TPSA) is 68.0 Å². The SMILES string of the molecule is Cc1nnc(CC(=O)O)n1C. The summed E-state index contributed by atoms with van der Waals surface area (Å²) in [5, 5.41) is 15.8. The number of hydrogen-bond acceptors (Lipinski definition) is 3. The number of nitrogens with zero attached hydrogens (tertiary/aromatic N) is 3. The highest BCUT2D eigenvalue weighted by Gasteiger charge is 2.07. The molecule has 0 spiro atoms. The Hall–Kier alpha value is -1.39. The Bertz CT molecular complexity index is 279. The lowest BCUT2D eigenvalue weighted by atomic mass is 10.4. The van der Waals surface area contributed by atoms with Gasteiger partial charge < -0.3 is 9.67 Å². The van der Waals surface area contributed by atoms with Gasteiger partial charge in [0.1, 0.15) is 18.1 Å². The molecule has 5 heteroatoms. The zero-order valence-electron chi connectivity index (χ0n) is 6.40. The Morgan fingerprint density at radius 2 is 2.27 bits per heavy atom. The fourth-order valence-electron chi connectivity index (χ4n) is 0.740. The third kappa shape index (κ3) is 1.54. The van der Waals surface area contributed by atoms with E-state index >= 15 is 0 Å². The van der Waals surface area contributed by atoms with Crippen LogP contribution in [0.4, 0.5) is 0 Å². The summed E-state index contributed by atoms with van der Waals surface area (Å²) in [6.07, 6.45) is -0.0721. The van der Waals surface area contributed by atoms with E-state index in [1.54, 1.807) is 18.5 Å². The van der Waals surface area contributed by atoms with Crippen molar-refractivity contribution in [3.63, 3.8) is 0 Å². The smallest absolute Gasteiger partial charge is 0.311 e. The van der Waals surface area contributed by atoms with Gasteiger partial charge in [0.25, 0.3) is 0 Å². The average molecular weight is 155 g/mol. The van der Waals surface area contributed by atoms with E-state index in [-0.39, 0.29) is 6.42 Å². The quantitative estimate of drug-likeness (QED) is 0.639. The largest absolute Gasteiger partial charge is 0.481 e. The van der Waals surface area contributed by atoms with E-state index in [1.165, 1.54) is 0 Å². The maximum Gasteiger partial charge on any atom is 0.311 e. The van der Waals surface area contributed by atoms with Crippen molar-refractivity contribution in [3.8, 4) is 0 Å². The molecule has 0 aliphatic rings. The number of rotatable bonds is 2. The first-order valence-corrected chi connectivity index (χ1v) is 3.18. The summed E-state index contributed by atoms with van der Waals surface area (Å²) in [7, 11) is 1.74. The molecule has 0 amide bonds. The Kier molecular flexibility index (Phi) is 1.89. The summed E-state index contributed by atoms with van der Waals surface area (Å²) in [6.45, 7) is 1.78. The number of carboxylic acid groups (broad SMARTS) is 1. The minimum Gasteiger partial charge on any atom is -0.481 e. The number of carboxylic acids is 1. The van der Waals surface area contributed by atoms with Crippen molar-refractivity contribution in [1.29, 1.82) is 0 Å². The molecule has 1 aromatic heterocycles. The molecule has 0 aromatic carbocycles. The molecule has 1 rings (SSSR count). The summed E-state index contributed by atoms with van der Waals surface area (Å²) in [4.78, 5) is 10.2. The van der Waals surface area contributed by atoms with E-state index in [2.05, 4.69) is 10.2 Å². The van der Waals surface area contributed by atoms with Crippen LogP contribution in [0, 0.1) is 6.92 Å². The molecule has 0 fully saturated rings. The van der Waals surface area contributed by atoms with Crippen LogP contribution in [0.25, 0.3) is 0 Å². The Morgan fingerprint density at radius 1 is 1.64 bits per heavy atom. The van der Waals surface area contributed by atoms with Crippen LogP contribution in [0.3, 0.4) is 0 Å². The molecule has 1 N–H and O–H groups in total. The zero-order chi connectivity index (χ0) is 8.43. The molecule has 0 radical (unpaired) electrons. The van der Waals surface area contributed by atoms with Crippen LogP contribution in [-0.2, 0) is 18.3 Å². The number of hydrogen-bond donors (Lipinski definition) is 1. The highest BCUT2D eigenvalue weighted by molar-refractivity contribution is 5.68. The molecule has 0 aliphatic carbocycles. The van der Waals surface area contributed by atoms with Crippen molar-refractivity contribution in [1.82, 2.24) is 14.8 Å². The van der Waals surface area contributed by atoms with Gasteiger partial charge in [-0.2, -0.15) is 0 Å². The number of aromatic nitrogens is 3. The maximum atomic E-state index is 10.2. The second-order valence-corrected chi connectivity index (χ2v) is 2.29. The predicted octanol–water partition coefficient (Wildman–Crippen LogP) is -0.249. The summed E-state index contributed by atoms with van der Waals surface area (Å²) < 4.78 is 1.66. The lowest BCUT2D eigenvalue weighted by Gasteiger charge is -1.96. The van der Waals surface area contributed by atoms with Gasteiger partial charge in [0, 0.05) is 7.05 Å². The lowest BCUT2D eigenvalue weighted by molar-refractivity contribution is -0.136. The minimum atomic E-state index is -0.888. The van der Waals surface area contributed by atoms with Gasteiger partial charge in [-0.1, -0.05) is 0 Å². The van der Waals surface area contributed by atoms with Crippen molar-refractivity contribution in [2.75, 3.05) is 0 Å². The van der Waals surface area contributed by atoms with Gasteiger partial charge in [-0.3, -0.25) is 4.79 Å². The average Bonchev–Trinajstić information content (AvgIpc) is 2.18. The third-order valence-electron chi connectivity index (χ3n) is 1.49. The van der Waals surface area contributed by atoms with Crippen LogP contribution in [-0.4, -0.2) is 25.8 Å². The van der Waals surface area contributed by atoms with Crippen molar-refractivity contribution in [2.24, 2.45) is 7.05 Å². The van der Waals surface area contributed by atoms with E-state index in [1.807, 2.05) is 0 Å². The van der Waals surface area contributed by atoms with Crippen molar-refractivity contribution >= 4 is 5.97 Å². The van der Waals surface area contributed by atoms with Gasteiger partial charge in [0.15, 0.2) is 0 Å². The van der Waals surface area contributed by atoms with Crippen LogP contribution < -0.4 is 0 Å². The molecule has 0 bridgehead atoms. The molecule has 60 valence electrons. The Labute approximate surface area is 63.7 Å². The molecule has 0 atom stereocenters. The molecule has 11 heavy (non-hydrogen) atoms. The minimum absolute atomic E-state index is 0.0721. The lowest BCUT2D eigenvalue weighted by Crippen LogP contribution is -2.06. The van der Waals surface area contributed by atoms with Crippen molar-refractivity contribution in [2.45, 2.75) is 13.3 Å². The molecule has 0 unspecified atom stereocenters. The number of carbonyl (C=O) groups is 1. The van der Waals surface area contributed by atoms with Crippen molar-refractivity contribution < 1.29 is 9.90 Å². The molecule has 1 heterocycles. The summed E-state index contributed by atoms with van der Waals surface area (Å²) in [5.74, 6) is 0.316. The molecule has 0 saturated heterocycles. The predicted molar refractivity (Wildman–Crippen MR) is 37.1 cm³/mol. The van der Waals surface area contributed by atoms with Gasteiger partial charge in [-0.05, 0) is 6.92 Å². The van der Waals surface area contributed by atoms with Gasteiger partial charge in [-0.15, -0.1) is 10.2 Å². The molecule has 0 aliphatic heterocycles. The van der Waals surface area contributed by atoms with Gasteiger partial charge in [0.2, 0.25) is 0 Å². The van der Waals surface area contributed by atoms with E-state index in [0.717, 1.165) is 5.82 Å². The third-order valence-corrected chi connectivity index (χ3v) is 1.49. The van der Waals surface area contributed by atoms with Crippen molar-refractivity contribution in [3.05, 3.63) is 11.6 Å². The fraction of sp³-hybridized carbons (Fsp3) is 0.500. The van der Waals surface area contributed by atoms with E-state index in [4.69, 9.17) is 5.11 Å². The maximum absolute atomic E-state index is 10.2. The van der Waals surface area contributed by atoms with Crippen LogP contribution >= 0.6 is 0 Å². The summed E-state index contributed by atoms with van der Waals surface area (Å²) in [5.41, 5.74) is 0. The van der Waals surface area contributed by atoms with Crippen LogP contribution in [0.1, 0.15) is 11.6 Å². The second-order valence-electron chi connectivity index (χ2n) is 2.29. The van der Waals surface area contributed by atoms with Gasteiger partial charge in [0.05, 0.1) is 0 Å². The standard InChI is InChI=1S/C6H9N3O2/c1-4-7-8-5(9(4)2)3-6(10)11/h3H2,1-2H3,(H,10,11). The summed E-state index contributed by atoms with van der Waals surface area (Å²) >= 11 is 0. The van der Waals surface area contributed by atoms with Crippen LogP contribution in [0.15, 0.2) is 0 Å².